The van der Waals surface area contributed by atoms with Crippen molar-refractivity contribution in [2.45, 2.75) is 22.7 Å². The second-order valence-electron chi connectivity index (χ2n) is 4.99. The molecule has 120 valence electrons. The van der Waals surface area contributed by atoms with Crippen LogP contribution in [0.15, 0.2) is 65.6 Å². The number of carboxylic acid groups (broad SMARTS) is 1. The number of hydrogen-bond donors (Lipinski definition) is 3. The summed E-state index contributed by atoms with van der Waals surface area (Å²) in [5.41, 5.74) is 6.88. The van der Waals surface area contributed by atoms with Crippen LogP contribution in [0, 0.1) is 0 Å². The summed E-state index contributed by atoms with van der Waals surface area (Å²) in [5.74, 6) is -1.69. The van der Waals surface area contributed by atoms with E-state index in [1.54, 1.807) is 24.3 Å². The molecule has 2 aromatic carbocycles. The third-order valence-corrected chi connectivity index (χ3v) is 4.25. The SMILES string of the molecule is N[C@@](NC(=O)CCc1ccccc1)(Sc1ccccc1)C(=O)O. The van der Waals surface area contributed by atoms with Crippen LogP contribution in [0.4, 0.5) is 0 Å². The van der Waals surface area contributed by atoms with Gasteiger partial charge in [0.2, 0.25) is 10.9 Å². The van der Waals surface area contributed by atoms with Crippen molar-refractivity contribution in [1.82, 2.24) is 5.32 Å². The zero-order chi connectivity index (χ0) is 16.7. The molecule has 4 N–H and O–H groups in total. The van der Waals surface area contributed by atoms with Crippen LogP contribution in [0.5, 0.6) is 0 Å². The van der Waals surface area contributed by atoms with Crippen LogP contribution in [-0.2, 0) is 16.0 Å². The van der Waals surface area contributed by atoms with Crippen molar-refractivity contribution < 1.29 is 14.7 Å². The Morgan fingerprint density at radius 3 is 2.17 bits per heavy atom. The molecule has 0 fully saturated rings. The number of nitrogens with one attached hydrogen (secondary N) is 1. The van der Waals surface area contributed by atoms with Crippen molar-refractivity contribution in [3.05, 3.63) is 66.2 Å². The Hall–Kier alpha value is -2.31. The average molecular weight is 330 g/mol. The Morgan fingerprint density at radius 1 is 1.04 bits per heavy atom. The van der Waals surface area contributed by atoms with Gasteiger partial charge in [-0.1, -0.05) is 60.3 Å². The standard InChI is InChI=1S/C17H18N2O3S/c18-17(16(21)22,23-14-9-5-2-6-10-14)19-15(20)12-11-13-7-3-1-4-8-13/h1-10H,11-12,18H2,(H,19,20)(H,21,22)/t17-/m0/s1. The van der Waals surface area contributed by atoms with E-state index in [-0.39, 0.29) is 6.42 Å². The van der Waals surface area contributed by atoms with Crippen molar-refractivity contribution >= 4 is 23.6 Å². The summed E-state index contributed by atoms with van der Waals surface area (Å²) in [4.78, 5) is 22.3. The summed E-state index contributed by atoms with van der Waals surface area (Å²) in [6.45, 7) is 0. The Balaban J connectivity index is 1.98. The number of aryl methyl sites for hydroxylation is 1. The molecule has 0 saturated carbocycles. The first kappa shape index (κ1) is 17.1. The monoisotopic (exact) mass is 330 g/mol. The first-order valence-corrected chi connectivity index (χ1v) is 7.92. The van der Waals surface area contributed by atoms with E-state index in [2.05, 4.69) is 5.32 Å². The second kappa shape index (κ2) is 7.80. The summed E-state index contributed by atoms with van der Waals surface area (Å²) in [6, 6.07) is 18.4. The molecule has 6 heteroatoms. The van der Waals surface area contributed by atoms with Crippen LogP contribution in [-0.4, -0.2) is 22.0 Å². The summed E-state index contributed by atoms with van der Waals surface area (Å²) in [6.07, 6.45) is 0.698. The largest absolute Gasteiger partial charge is 0.478 e. The van der Waals surface area contributed by atoms with E-state index in [1.807, 2.05) is 36.4 Å². The Bertz CT molecular complexity index is 664. The number of rotatable bonds is 7. The Kier molecular flexibility index (Phi) is 5.78. The van der Waals surface area contributed by atoms with Crippen molar-refractivity contribution in [3.8, 4) is 0 Å². The molecule has 2 aromatic rings. The normalized spacial score (nSPS) is 13.1. The number of amides is 1. The molecule has 1 amide bonds. The maximum Gasteiger partial charge on any atom is 0.356 e. The molecule has 2 rings (SSSR count). The molecule has 0 aromatic heterocycles. The van der Waals surface area contributed by atoms with Gasteiger partial charge in [0.1, 0.15) is 0 Å². The van der Waals surface area contributed by atoms with Gasteiger partial charge in [0.15, 0.2) is 0 Å². The molecule has 0 spiro atoms. The lowest BCUT2D eigenvalue weighted by molar-refractivity contribution is -0.143. The molecule has 0 saturated heterocycles. The van der Waals surface area contributed by atoms with Crippen LogP contribution in [0.2, 0.25) is 0 Å². The minimum atomic E-state index is -1.89. The van der Waals surface area contributed by atoms with Crippen LogP contribution in [0.25, 0.3) is 0 Å². The van der Waals surface area contributed by atoms with Crippen LogP contribution in [0.1, 0.15) is 12.0 Å². The number of hydrogen-bond acceptors (Lipinski definition) is 4. The van der Waals surface area contributed by atoms with Gasteiger partial charge < -0.3 is 10.4 Å². The molecular formula is C17H18N2O3S. The first-order chi connectivity index (χ1) is 11.0. The molecule has 0 aliphatic carbocycles. The lowest BCUT2D eigenvalue weighted by Gasteiger charge is -2.25. The molecule has 0 heterocycles. The van der Waals surface area contributed by atoms with E-state index in [0.717, 1.165) is 17.3 Å². The zero-order valence-electron chi connectivity index (χ0n) is 12.4. The van der Waals surface area contributed by atoms with Crippen LogP contribution < -0.4 is 11.1 Å². The van der Waals surface area contributed by atoms with E-state index in [0.29, 0.717) is 11.3 Å². The quantitative estimate of drug-likeness (QED) is 0.535. The molecule has 23 heavy (non-hydrogen) atoms. The number of aliphatic carboxylic acids is 1. The lowest BCUT2D eigenvalue weighted by Crippen LogP contribution is -2.59. The van der Waals surface area contributed by atoms with Gasteiger partial charge in [-0.2, -0.15) is 0 Å². The molecular weight excluding hydrogens is 312 g/mol. The third kappa shape index (κ3) is 5.12. The fourth-order valence-electron chi connectivity index (χ4n) is 1.97. The number of carbonyl (C=O) groups excluding carboxylic acids is 1. The summed E-state index contributed by atoms with van der Waals surface area (Å²) >= 11 is 0.895. The maximum absolute atomic E-state index is 12.1. The molecule has 5 nitrogen and oxygen atoms in total. The van der Waals surface area contributed by atoms with Gasteiger partial charge in [0.05, 0.1) is 0 Å². The predicted molar refractivity (Wildman–Crippen MR) is 89.8 cm³/mol. The van der Waals surface area contributed by atoms with E-state index in [1.165, 1.54) is 0 Å². The topological polar surface area (TPSA) is 92.4 Å². The second-order valence-corrected chi connectivity index (χ2v) is 6.31. The first-order valence-electron chi connectivity index (χ1n) is 7.11. The minimum Gasteiger partial charge on any atom is -0.478 e. The molecule has 0 radical (unpaired) electrons. The van der Waals surface area contributed by atoms with Gasteiger partial charge in [0, 0.05) is 11.3 Å². The predicted octanol–water partition coefficient (Wildman–Crippen LogP) is 2.22. The number of benzene rings is 2. The van der Waals surface area contributed by atoms with Gasteiger partial charge in [-0.15, -0.1) is 0 Å². The van der Waals surface area contributed by atoms with Crippen LogP contribution in [0.3, 0.4) is 0 Å². The summed E-state index contributed by atoms with van der Waals surface area (Å²) < 4.78 is 0. The van der Waals surface area contributed by atoms with Gasteiger partial charge in [-0.05, 0) is 24.1 Å². The number of carboxylic acids is 1. The Morgan fingerprint density at radius 2 is 1.61 bits per heavy atom. The van der Waals surface area contributed by atoms with Gasteiger partial charge >= 0.3 is 5.97 Å². The highest BCUT2D eigenvalue weighted by Crippen LogP contribution is 2.27. The lowest BCUT2D eigenvalue weighted by atomic mass is 10.1. The summed E-state index contributed by atoms with van der Waals surface area (Å²) in [5, 5.41) is 11.8. The van der Waals surface area contributed by atoms with Crippen molar-refractivity contribution in [2.24, 2.45) is 5.73 Å². The minimum absolute atomic E-state index is 0.172. The van der Waals surface area contributed by atoms with Crippen molar-refractivity contribution in [3.63, 3.8) is 0 Å². The van der Waals surface area contributed by atoms with Crippen molar-refractivity contribution in [2.75, 3.05) is 0 Å². The Labute approximate surface area is 138 Å². The third-order valence-electron chi connectivity index (χ3n) is 3.15. The van der Waals surface area contributed by atoms with E-state index < -0.39 is 16.9 Å². The highest BCUT2D eigenvalue weighted by atomic mass is 32.2. The fourth-order valence-corrected chi connectivity index (χ4v) is 2.89. The average Bonchev–Trinajstić information content (AvgIpc) is 2.54. The van der Waals surface area contributed by atoms with Crippen LogP contribution >= 0.6 is 11.8 Å². The van der Waals surface area contributed by atoms with E-state index in [4.69, 9.17) is 5.73 Å². The molecule has 0 unspecified atom stereocenters. The molecule has 1 atom stereocenters. The zero-order valence-corrected chi connectivity index (χ0v) is 13.3. The van der Waals surface area contributed by atoms with E-state index in [9.17, 15) is 14.7 Å². The van der Waals surface area contributed by atoms with Crippen molar-refractivity contribution in [1.29, 1.82) is 0 Å². The molecule has 0 aliphatic heterocycles. The van der Waals surface area contributed by atoms with Gasteiger partial charge in [0.25, 0.3) is 0 Å². The highest BCUT2D eigenvalue weighted by Gasteiger charge is 2.37. The maximum atomic E-state index is 12.1. The highest BCUT2D eigenvalue weighted by molar-refractivity contribution is 8.01. The number of thioether (sulfide) groups is 1. The molecule has 0 bridgehead atoms. The summed E-state index contributed by atoms with van der Waals surface area (Å²) in [7, 11) is 0. The molecule has 0 aliphatic rings. The number of nitrogens with two attached hydrogens (primary N) is 1. The van der Waals surface area contributed by atoms with E-state index >= 15 is 0 Å². The van der Waals surface area contributed by atoms with Gasteiger partial charge in [-0.3, -0.25) is 10.5 Å². The van der Waals surface area contributed by atoms with Gasteiger partial charge in [-0.25, -0.2) is 4.79 Å². The fraction of sp³-hybridized carbons (Fsp3) is 0.176. The smallest absolute Gasteiger partial charge is 0.356 e. The number of carbonyl (C=O) groups is 2.